The number of aromatic carboxylic acids is 1. The van der Waals surface area contributed by atoms with Crippen molar-refractivity contribution < 1.29 is 29.3 Å². The highest BCUT2D eigenvalue weighted by molar-refractivity contribution is 6.67. The number of carboxylic acids is 1. The maximum absolute atomic E-state index is 12.4. The molecule has 0 saturated carbocycles. The van der Waals surface area contributed by atoms with Crippen molar-refractivity contribution in [1.29, 1.82) is 0 Å². The lowest BCUT2D eigenvalue weighted by molar-refractivity contribution is -0.114. The summed E-state index contributed by atoms with van der Waals surface area (Å²) in [6, 6.07) is 12.3. The summed E-state index contributed by atoms with van der Waals surface area (Å²) in [7, 11) is 0. The molecule has 9 nitrogen and oxygen atoms in total. The quantitative estimate of drug-likeness (QED) is 0.293. The van der Waals surface area contributed by atoms with Gasteiger partial charge in [-0.05, 0) is 36.4 Å². The van der Waals surface area contributed by atoms with Crippen molar-refractivity contribution in [2.75, 3.05) is 24.0 Å². The molecule has 4 N–H and O–H groups in total. The predicted molar refractivity (Wildman–Crippen MR) is 103 cm³/mol. The molecule has 0 unspecified atom stereocenters. The second-order valence-electron chi connectivity index (χ2n) is 5.53. The van der Waals surface area contributed by atoms with E-state index in [4.69, 9.17) is 14.9 Å². The highest BCUT2D eigenvalue weighted by atomic mass is 16.5. The van der Waals surface area contributed by atoms with Gasteiger partial charge >= 0.3 is 5.97 Å². The Morgan fingerprint density at radius 3 is 2.36 bits per heavy atom. The number of hydrogen-bond donors (Lipinski definition) is 4. The van der Waals surface area contributed by atoms with Crippen LogP contribution < -0.4 is 15.5 Å². The van der Waals surface area contributed by atoms with Crippen LogP contribution >= 0.6 is 0 Å². The molecule has 0 bridgehead atoms. The molecule has 0 saturated heterocycles. The van der Waals surface area contributed by atoms with Crippen LogP contribution in [0.15, 0.2) is 53.6 Å². The minimum atomic E-state index is -1.17. The summed E-state index contributed by atoms with van der Waals surface area (Å²) >= 11 is 0. The molecule has 0 heterocycles. The fourth-order valence-electron chi connectivity index (χ4n) is 2.16. The predicted octanol–water partition coefficient (Wildman–Crippen LogP) is 1.75. The minimum absolute atomic E-state index is 0.0481. The van der Waals surface area contributed by atoms with Crippen LogP contribution in [0.4, 0.5) is 11.4 Å². The normalized spacial score (nSPS) is 10.9. The number of nitrogens with one attached hydrogen (secondary N) is 2. The van der Waals surface area contributed by atoms with Crippen LogP contribution in [0.2, 0.25) is 0 Å². The topological polar surface area (TPSA) is 137 Å². The van der Waals surface area contributed by atoms with Gasteiger partial charge in [0, 0.05) is 12.6 Å². The van der Waals surface area contributed by atoms with Gasteiger partial charge in [0.15, 0.2) is 11.5 Å². The van der Waals surface area contributed by atoms with Crippen LogP contribution in [-0.2, 0) is 9.59 Å². The fraction of sp³-hybridized carbons (Fsp3) is 0.158. The smallest absolute Gasteiger partial charge is 0.337 e. The Balaban J connectivity index is 2.13. The number of ketones is 1. The molecular weight excluding hydrogens is 366 g/mol. The van der Waals surface area contributed by atoms with Gasteiger partial charge in [-0.1, -0.05) is 12.1 Å². The third-order valence-electron chi connectivity index (χ3n) is 3.47. The first-order valence-corrected chi connectivity index (χ1v) is 8.24. The largest absolute Gasteiger partial charge is 0.491 e. The van der Waals surface area contributed by atoms with Gasteiger partial charge in [-0.2, -0.15) is 5.10 Å². The Morgan fingerprint density at radius 1 is 1.07 bits per heavy atom. The summed E-state index contributed by atoms with van der Waals surface area (Å²) in [6.07, 6.45) is 0. The number of benzene rings is 2. The van der Waals surface area contributed by atoms with Crippen LogP contribution in [0, 0.1) is 0 Å². The van der Waals surface area contributed by atoms with E-state index < -0.39 is 23.4 Å². The highest BCUT2D eigenvalue weighted by Gasteiger charge is 2.18. The zero-order valence-electron chi connectivity index (χ0n) is 15.0. The van der Waals surface area contributed by atoms with Crippen LogP contribution in [0.25, 0.3) is 0 Å². The number of carbonyl (C=O) groups excluding carboxylic acids is 2. The number of nitrogens with zero attached hydrogens (tertiary/aromatic N) is 1. The average Bonchev–Trinajstić information content (AvgIpc) is 2.67. The number of para-hydroxylation sites is 1. The van der Waals surface area contributed by atoms with E-state index >= 15 is 0 Å². The number of Topliss-reactive ketones (excluding diaryl/α,β-unsaturated/α-hetero) is 1. The van der Waals surface area contributed by atoms with Gasteiger partial charge in [-0.25, -0.2) is 4.79 Å². The summed E-state index contributed by atoms with van der Waals surface area (Å²) in [5.74, 6) is -2.01. The molecule has 0 aliphatic carbocycles. The Bertz CT molecular complexity index is 893. The first-order valence-electron chi connectivity index (χ1n) is 8.24. The zero-order chi connectivity index (χ0) is 20.5. The minimum Gasteiger partial charge on any atom is -0.491 e. The molecule has 0 fully saturated rings. The van der Waals surface area contributed by atoms with E-state index in [1.807, 2.05) is 0 Å². The van der Waals surface area contributed by atoms with E-state index in [-0.39, 0.29) is 24.5 Å². The zero-order valence-corrected chi connectivity index (χ0v) is 15.0. The van der Waals surface area contributed by atoms with Gasteiger partial charge in [-0.15, -0.1) is 0 Å². The average molecular weight is 385 g/mol. The highest BCUT2D eigenvalue weighted by Crippen LogP contribution is 2.17. The number of ether oxygens (including phenoxy) is 1. The van der Waals surface area contributed by atoms with Crippen molar-refractivity contribution in [2.24, 2.45) is 5.10 Å². The molecule has 2 rings (SSSR count). The SMILES string of the molecule is CC(=O)/C(=N/Nc1ccccc1C(=O)O)C(=O)Nc1ccc(OCCO)cc1. The molecule has 0 radical (unpaired) electrons. The van der Waals surface area contributed by atoms with Gasteiger partial charge in [0.05, 0.1) is 17.9 Å². The van der Waals surface area contributed by atoms with E-state index in [1.54, 1.807) is 36.4 Å². The van der Waals surface area contributed by atoms with Gasteiger partial charge in [0.25, 0.3) is 5.91 Å². The maximum Gasteiger partial charge on any atom is 0.337 e. The molecule has 2 aromatic rings. The summed E-state index contributed by atoms with van der Waals surface area (Å²) in [5, 5.41) is 24.2. The van der Waals surface area contributed by atoms with E-state index in [0.29, 0.717) is 11.4 Å². The molecule has 146 valence electrons. The van der Waals surface area contributed by atoms with Gasteiger partial charge in [0.1, 0.15) is 12.4 Å². The standard InChI is InChI=1S/C19H19N3O6/c1-12(24)17(22-21-16-5-3-2-4-15(16)19(26)27)18(25)20-13-6-8-14(9-7-13)28-11-10-23/h2-9,21,23H,10-11H2,1H3,(H,20,25)(H,26,27)/b22-17-. The lowest BCUT2D eigenvalue weighted by Gasteiger charge is -2.09. The number of carbonyl (C=O) groups is 3. The summed E-state index contributed by atoms with van der Waals surface area (Å²) in [5.41, 5.74) is 2.54. The van der Waals surface area contributed by atoms with Gasteiger partial charge in [0.2, 0.25) is 0 Å². The fourth-order valence-corrected chi connectivity index (χ4v) is 2.16. The van der Waals surface area contributed by atoms with Gasteiger partial charge < -0.3 is 20.3 Å². The third kappa shape index (κ3) is 5.64. The summed E-state index contributed by atoms with van der Waals surface area (Å²) in [6.45, 7) is 1.21. The first kappa shape index (κ1) is 20.6. The number of anilines is 2. The molecule has 0 aromatic heterocycles. The van der Waals surface area contributed by atoms with Crippen molar-refractivity contribution in [2.45, 2.75) is 6.92 Å². The maximum atomic E-state index is 12.4. The molecule has 0 spiro atoms. The number of aliphatic hydroxyl groups excluding tert-OH is 1. The van der Waals surface area contributed by atoms with E-state index in [2.05, 4.69) is 15.8 Å². The first-order chi connectivity index (χ1) is 13.4. The second kappa shape index (κ2) is 9.83. The van der Waals surface area contributed by atoms with E-state index in [1.165, 1.54) is 19.1 Å². The molecule has 0 aliphatic rings. The van der Waals surface area contributed by atoms with Crippen molar-refractivity contribution in [3.05, 3.63) is 54.1 Å². The molecular formula is C19H19N3O6. The third-order valence-corrected chi connectivity index (χ3v) is 3.47. The Hall–Kier alpha value is -3.72. The number of amides is 1. The van der Waals surface area contributed by atoms with Crippen LogP contribution in [0.1, 0.15) is 17.3 Å². The molecule has 1 amide bonds. The Morgan fingerprint density at radius 2 is 1.75 bits per heavy atom. The Kier molecular flexibility index (Phi) is 7.23. The van der Waals surface area contributed by atoms with Crippen molar-refractivity contribution in [3.63, 3.8) is 0 Å². The number of carboxylic acid groups (broad SMARTS) is 1. The summed E-state index contributed by atoms with van der Waals surface area (Å²) < 4.78 is 5.22. The second-order valence-corrected chi connectivity index (χ2v) is 5.53. The lowest BCUT2D eigenvalue weighted by atomic mass is 10.2. The monoisotopic (exact) mass is 385 g/mol. The van der Waals surface area contributed by atoms with Crippen molar-refractivity contribution >= 4 is 34.7 Å². The molecule has 0 atom stereocenters. The molecule has 28 heavy (non-hydrogen) atoms. The van der Waals surface area contributed by atoms with Crippen molar-refractivity contribution in [3.8, 4) is 5.75 Å². The van der Waals surface area contributed by atoms with E-state index in [9.17, 15) is 14.4 Å². The number of hydrazone groups is 1. The Labute approximate surface area is 160 Å². The number of rotatable bonds is 9. The van der Waals surface area contributed by atoms with Crippen molar-refractivity contribution in [1.82, 2.24) is 0 Å². The molecule has 9 heteroatoms. The van der Waals surface area contributed by atoms with Crippen LogP contribution in [0.3, 0.4) is 0 Å². The van der Waals surface area contributed by atoms with Crippen LogP contribution in [-0.4, -0.2) is 46.8 Å². The van der Waals surface area contributed by atoms with Gasteiger partial charge in [-0.3, -0.25) is 15.0 Å². The lowest BCUT2D eigenvalue weighted by Crippen LogP contribution is -2.29. The number of hydrogen-bond acceptors (Lipinski definition) is 7. The summed E-state index contributed by atoms with van der Waals surface area (Å²) in [4.78, 5) is 35.4. The van der Waals surface area contributed by atoms with Crippen LogP contribution in [0.5, 0.6) is 5.75 Å². The van der Waals surface area contributed by atoms with E-state index in [0.717, 1.165) is 0 Å². The molecule has 2 aromatic carbocycles. The number of aliphatic hydroxyl groups is 1. The molecule has 0 aliphatic heterocycles.